The normalized spacial score (nSPS) is 25.7. The molecule has 0 radical (unpaired) electrons. The van der Waals surface area contributed by atoms with E-state index >= 15 is 0 Å². The molecule has 3 atom stereocenters. The topological polar surface area (TPSA) is 32.7 Å². The Morgan fingerprint density at radius 3 is 2.52 bits per heavy atom. The van der Waals surface area contributed by atoms with Crippen molar-refractivity contribution < 1.29 is 14.2 Å². The quantitative estimate of drug-likeness (QED) is 0.823. The van der Waals surface area contributed by atoms with Crippen molar-refractivity contribution in [3.05, 3.63) is 71.0 Å². The molecule has 0 amide bonds. The zero-order valence-electron chi connectivity index (χ0n) is 16.5. The van der Waals surface area contributed by atoms with Crippen LogP contribution in [0, 0.1) is 18.7 Å². The van der Waals surface area contributed by atoms with Gasteiger partial charge >= 0.3 is 0 Å². The van der Waals surface area contributed by atoms with Crippen LogP contribution in [0.2, 0.25) is 0 Å². The molecule has 0 spiro atoms. The Hall–Kier alpha value is -1.75. The molecule has 4 heteroatoms. The average Bonchev–Trinajstić information content (AvgIpc) is 2.64. The van der Waals surface area contributed by atoms with Gasteiger partial charge in [-0.05, 0) is 69.1 Å². The van der Waals surface area contributed by atoms with Gasteiger partial charge in [0.25, 0.3) is 0 Å². The standard InChI is InChI=1S/C23H30FNO2/c1-17-6-4-5-7-21(17)23(27-16-18-8-10-20(24)11-9-18)13-12-22(26)19(14-23)15-25(2)3/h4-11,19,22,26H,12-16H2,1-3H3. The Morgan fingerprint density at radius 2 is 1.85 bits per heavy atom. The summed E-state index contributed by atoms with van der Waals surface area (Å²) < 4.78 is 19.8. The Labute approximate surface area is 161 Å². The van der Waals surface area contributed by atoms with E-state index in [2.05, 4.69) is 30.0 Å². The number of halogens is 1. The van der Waals surface area contributed by atoms with E-state index in [-0.39, 0.29) is 17.8 Å². The molecular weight excluding hydrogens is 341 g/mol. The highest BCUT2D eigenvalue weighted by Crippen LogP contribution is 2.45. The summed E-state index contributed by atoms with van der Waals surface area (Å²) in [6.07, 6.45) is 1.97. The lowest BCUT2D eigenvalue weighted by Gasteiger charge is -2.44. The Balaban J connectivity index is 1.89. The monoisotopic (exact) mass is 371 g/mol. The fraction of sp³-hybridized carbons (Fsp3) is 0.478. The van der Waals surface area contributed by atoms with Gasteiger partial charge in [-0.25, -0.2) is 4.39 Å². The van der Waals surface area contributed by atoms with Crippen LogP contribution < -0.4 is 0 Å². The first-order valence-corrected chi connectivity index (χ1v) is 9.67. The molecule has 27 heavy (non-hydrogen) atoms. The summed E-state index contributed by atoms with van der Waals surface area (Å²) in [5, 5.41) is 10.6. The number of nitrogens with zero attached hydrogens (tertiary/aromatic N) is 1. The minimum Gasteiger partial charge on any atom is -0.393 e. The molecule has 1 aliphatic rings. The summed E-state index contributed by atoms with van der Waals surface area (Å²) in [4.78, 5) is 2.13. The van der Waals surface area contributed by atoms with E-state index in [0.29, 0.717) is 6.61 Å². The number of benzene rings is 2. The highest BCUT2D eigenvalue weighted by Gasteiger charge is 2.43. The van der Waals surface area contributed by atoms with Crippen molar-refractivity contribution in [1.29, 1.82) is 0 Å². The van der Waals surface area contributed by atoms with E-state index in [1.807, 2.05) is 20.2 Å². The molecule has 3 nitrogen and oxygen atoms in total. The number of rotatable bonds is 6. The molecule has 146 valence electrons. The molecule has 2 aromatic rings. The van der Waals surface area contributed by atoms with E-state index in [1.165, 1.54) is 23.3 Å². The van der Waals surface area contributed by atoms with E-state index < -0.39 is 5.60 Å². The number of ether oxygens (including phenoxy) is 1. The third-order valence-corrected chi connectivity index (χ3v) is 5.64. The molecule has 1 aliphatic carbocycles. The zero-order chi connectivity index (χ0) is 19.4. The Kier molecular flexibility index (Phi) is 6.30. The molecular formula is C23H30FNO2. The van der Waals surface area contributed by atoms with Crippen molar-refractivity contribution >= 4 is 0 Å². The maximum Gasteiger partial charge on any atom is 0.123 e. The van der Waals surface area contributed by atoms with Crippen LogP contribution in [0.1, 0.15) is 36.0 Å². The molecule has 2 aromatic carbocycles. The van der Waals surface area contributed by atoms with Gasteiger partial charge in [0, 0.05) is 12.5 Å². The van der Waals surface area contributed by atoms with Crippen LogP contribution in [-0.2, 0) is 16.9 Å². The third-order valence-electron chi connectivity index (χ3n) is 5.64. The largest absolute Gasteiger partial charge is 0.393 e. The lowest BCUT2D eigenvalue weighted by atomic mass is 9.71. The van der Waals surface area contributed by atoms with Gasteiger partial charge in [-0.1, -0.05) is 36.4 Å². The predicted octanol–water partition coefficient (Wildman–Crippen LogP) is 4.27. The molecule has 3 unspecified atom stereocenters. The van der Waals surface area contributed by atoms with Gasteiger partial charge in [0.15, 0.2) is 0 Å². The molecule has 1 N–H and O–H groups in total. The minimum absolute atomic E-state index is 0.154. The fourth-order valence-electron chi connectivity index (χ4n) is 4.27. The predicted molar refractivity (Wildman–Crippen MR) is 106 cm³/mol. The molecule has 0 saturated heterocycles. The molecule has 1 saturated carbocycles. The summed E-state index contributed by atoms with van der Waals surface area (Å²) in [6.45, 7) is 3.37. The van der Waals surface area contributed by atoms with Gasteiger partial charge in [0.05, 0.1) is 18.3 Å². The maximum atomic E-state index is 13.2. The lowest BCUT2D eigenvalue weighted by Crippen LogP contribution is -2.45. The second kappa shape index (κ2) is 8.51. The Bertz CT molecular complexity index is 746. The number of aliphatic hydroxyl groups excluding tert-OH is 1. The van der Waals surface area contributed by atoms with Crippen LogP contribution in [0.15, 0.2) is 48.5 Å². The van der Waals surface area contributed by atoms with Gasteiger partial charge in [-0.15, -0.1) is 0 Å². The van der Waals surface area contributed by atoms with E-state index in [9.17, 15) is 9.50 Å². The number of aryl methyl sites for hydroxylation is 1. The fourth-order valence-corrected chi connectivity index (χ4v) is 4.27. The zero-order valence-corrected chi connectivity index (χ0v) is 16.5. The summed E-state index contributed by atoms with van der Waals surface area (Å²) >= 11 is 0. The molecule has 1 fully saturated rings. The third kappa shape index (κ3) is 4.75. The van der Waals surface area contributed by atoms with Gasteiger partial charge < -0.3 is 14.7 Å². The molecule has 0 aromatic heterocycles. The first kappa shape index (κ1) is 20.0. The van der Waals surface area contributed by atoms with Crippen molar-refractivity contribution in [2.75, 3.05) is 20.6 Å². The summed E-state index contributed by atoms with van der Waals surface area (Å²) in [5.74, 6) is -0.0826. The van der Waals surface area contributed by atoms with Crippen LogP contribution in [0.4, 0.5) is 4.39 Å². The van der Waals surface area contributed by atoms with Crippen LogP contribution in [-0.4, -0.2) is 36.8 Å². The van der Waals surface area contributed by atoms with Crippen LogP contribution in [0.25, 0.3) is 0 Å². The van der Waals surface area contributed by atoms with Crippen molar-refractivity contribution in [2.45, 2.75) is 44.5 Å². The van der Waals surface area contributed by atoms with Gasteiger partial charge in [-0.3, -0.25) is 0 Å². The van der Waals surface area contributed by atoms with Crippen LogP contribution in [0.5, 0.6) is 0 Å². The van der Waals surface area contributed by atoms with Crippen LogP contribution in [0.3, 0.4) is 0 Å². The molecule has 0 aliphatic heterocycles. The molecule has 0 heterocycles. The smallest absolute Gasteiger partial charge is 0.123 e. The van der Waals surface area contributed by atoms with E-state index in [0.717, 1.165) is 31.4 Å². The van der Waals surface area contributed by atoms with E-state index in [4.69, 9.17) is 4.74 Å². The van der Waals surface area contributed by atoms with Gasteiger partial charge in [0.1, 0.15) is 5.82 Å². The first-order valence-electron chi connectivity index (χ1n) is 9.67. The highest BCUT2D eigenvalue weighted by atomic mass is 19.1. The number of aliphatic hydroxyl groups is 1. The summed E-state index contributed by atoms with van der Waals surface area (Å²) in [6, 6.07) is 14.8. The van der Waals surface area contributed by atoms with Crippen molar-refractivity contribution in [1.82, 2.24) is 4.90 Å². The number of hydrogen-bond donors (Lipinski definition) is 1. The Morgan fingerprint density at radius 1 is 1.15 bits per heavy atom. The second-order valence-electron chi connectivity index (χ2n) is 8.06. The summed E-state index contributed by atoms with van der Waals surface area (Å²) in [7, 11) is 4.08. The van der Waals surface area contributed by atoms with Crippen molar-refractivity contribution in [3.63, 3.8) is 0 Å². The second-order valence-corrected chi connectivity index (χ2v) is 8.06. The van der Waals surface area contributed by atoms with Crippen LogP contribution >= 0.6 is 0 Å². The molecule has 3 rings (SSSR count). The van der Waals surface area contributed by atoms with Gasteiger partial charge in [0.2, 0.25) is 0 Å². The molecule has 0 bridgehead atoms. The van der Waals surface area contributed by atoms with Gasteiger partial charge in [-0.2, -0.15) is 0 Å². The first-order chi connectivity index (χ1) is 12.9. The number of hydrogen-bond acceptors (Lipinski definition) is 3. The summed E-state index contributed by atoms with van der Waals surface area (Å²) in [5.41, 5.74) is 2.93. The average molecular weight is 371 g/mol. The SMILES string of the molecule is Cc1ccccc1C1(OCc2ccc(F)cc2)CCC(O)C(CN(C)C)C1. The van der Waals surface area contributed by atoms with Crippen molar-refractivity contribution in [2.24, 2.45) is 5.92 Å². The maximum absolute atomic E-state index is 13.2. The minimum atomic E-state index is -0.431. The van der Waals surface area contributed by atoms with E-state index in [1.54, 1.807) is 12.1 Å². The highest BCUT2D eigenvalue weighted by molar-refractivity contribution is 5.32. The lowest BCUT2D eigenvalue weighted by molar-refractivity contribution is -0.126. The van der Waals surface area contributed by atoms with Crippen molar-refractivity contribution in [3.8, 4) is 0 Å².